The summed E-state index contributed by atoms with van der Waals surface area (Å²) in [5.74, 6) is 3.08. The first-order valence-corrected chi connectivity index (χ1v) is 5.33. The monoisotopic (exact) mass is 185 g/mol. The molecular weight excluding hydrogens is 170 g/mol. The van der Waals surface area contributed by atoms with E-state index in [4.69, 9.17) is 4.42 Å². The Balaban J connectivity index is 2.52. The predicted molar refractivity (Wildman–Crippen MR) is 53.3 cm³/mol. The maximum Gasteiger partial charge on any atom is 0.118 e. The van der Waals surface area contributed by atoms with Crippen molar-refractivity contribution in [3.05, 3.63) is 23.7 Å². The van der Waals surface area contributed by atoms with Crippen LogP contribution >= 0.6 is 11.8 Å². The minimum absolute atomic E-state index is 0.883. The number of hydrogen-bond donors (Lipinski definition) is 0. The third-order valence-electron chi connectivity index (χ3n) is 1.48. The molecule has 0 aliphatic carbocycles. The van der Waals surface area contributed by atoms with E-state index in [9.17, 15) is 0 Å². The van der Waals surface area contributed by atoms with Gasteiger partial charge in [0.05, 0.1) is 12.3 Å². The van der Waals surface area contributed by atoms with Gasteiger partial charge < -0.3 is 9.32 Å². The minimum Gasteiger partial charge on any atom is -0.464 e. The van der Waals surface area contributed by atoms with Crippen LogP contribution in [0.4, 0.5) is 0 Å². The molecule has 0 aliphatic rings. The van der Waals surface area contributed by atoms with Crippen LogP contribution in [0.5, 0.6) is 0 Å². The van der Waals surface area contributed by atoms with Gasteiger partial charge in [-0.1, -0.05) is 0 Å². The maximum atomic E-state index is 5.57. The smallest absolute Gasteiger partial charge is 0.118 e. The van der Waals surface area contributed by atoms with Crippen molar-refractivity contribution in [2.45, 2.75) is 12.3 Å². The molecular formula is C9H15NOS. The lowest BCUT2D eigenvalue weighted by molar-refractivity contribution is 0.344. The van der Waals surface area contributed by atoms with Gasteiger partial charge in [-0.15, -0.1) is 0 Å². The molecule has 0 atom stereocenters. The van der Waals surface area contributed by atoms with Crippen LogP contribution in [0.3, 0.4) is 0 Å². The van der Waals surface area contributed by atoms with E-state index >= 15 is 0 Å². The highest BCUT2D eigenvalue weighted by atomic mass is 32.2. The average Bonchev–Trinajstić information content (AvgIpc) is 2.36. The van der Waals surface area contributed by atoms with Crippen molar-refractivity contribution >= 4 is 11.8 Å². The second kappa shape index (κ2) is 4.58. The van der Waals surface area contributed by atoms with Gasteiger partial charge in [0, 0.05) is 0 Å². The Bertz CT molecular complexity index is 232. The van der Waals surface area contributed by atoms with Crippen LogP contribution in [-0.2, 0) is 12.3 Å². The van der Waals surface area contributed by atoms with Gasteiger partial charge >= 0.3 is 0 Å². The van der Waals surface area contributed by atoms with E-state index in [-0.39, 0.29) is 0 Å². The first kappa shape index (κ1) is 9.68. The molecule has 0 N–H and O–H groups in total. The van der Waals surface area contributed by atoms with E-state index in [2.05, 4.69) is 17.2 Å². The summed E-state index contributed by atoms with van der Waals surface area (Å²) in [7, 11) is 4.08. The molecule has 0 saturated carbocycles. The molecule has 0 radical (unpaired) electrons. The summed E-state index contributed by atoms with van der Waals surface area (Å²) >= 11 is 1.78. The molecule has 1 aromatic heterocycles. The summed E-state index contributed by atoms with van der Waals surface area (Å²) in [6.07, 6.45) is 2.08. The number of nitrogens with zero attached hydrogens (tertiary/aromatic N) is 1. The summed E-state index contributed by atoms with van der Waals surface area (Å²) in [6, 6.07) is 4.10. The van der Waals surface area contributed by atoms with Crippen molar-refractivity contribution in [3.8, 4) is 0 Å². The molecule has 68 valence electrons. The van der Waals surface area contributed by atoms with E-state index in [1.54, 1.807) is 11.8 Å². The summed E-state index contributed by atoms with van der Waals surface area (Å²) in [4.78, 5) is 2.10. The topological polar surface area (TPSA) is 16.4 Å². The Morgan fingerprint density at radius 2 is 2.00 bits per heavy atom. The number of rotatable bonds is 4. The largest absolute Gasteiger partial charge is 0.464 e. The zero-order chi connectivity index (χ0) is 8.97. The van der Waals surface area contributed by atoms with Crippen LogP contribution < -0.4 is 0 Å². The minimum atomic E-state index is 0.883. The summed E-state index contributed by atoms with van der Waals surface area (Å²) in [6.45, 7) is 0.883. The van der Waals surface area contributed by atoms with Gasteiger partial charge in [-0.3, -0.25) is 0 Å². The van der Waals surface area contributed by atoms with Crippen LogP contribution in [0.25, 0.3) is 0 Å². The standard InChI is InChI=1S/C9H15NOS/c1-10(2)6-8-4-5-9(11-8)7-12-3/h4-5H,6-7H2,1-3H3. The first-order valence-electron chi connectivity index (χ1n) is 3.93. The fourth-order valence-electron chi connectivity index (χ4n) is 1.04. The van der Waals surface area contributed by atoms with Gasteiger partial charge in [0.1, 0.15) is 11.5 Å². The van der Waals surface area contributed by atoms with E-state index in [1.807, 2.05) is 20.2 Å². The highest BCUT2D eigenvalue weighted by molar-refractivity contribution is 7.97. The van der Waals surface area contributed by atoms with Crippen LogP contribution in [0.2, 0.25) is 0 Å². The highest BCUT2D eigenvalue weighted by Crippen LogP contribution is 2.13. The molecule has 0 spiro atoms. The average molecular weight is 185 g/mol. The second-order valence-corrected chi connectivity index (χ2v) is 3.90. The van der Waals surface area contributed by atoms with Crippen LogP contribution in [-0.4, -0.2) is 25.3 Å². The first-order chi connectivity index (χ1) is 5.72. The molecule has 0 saturated heterocycles. The lowest BCUT2D eigenvalue weighted by Gasteiger charge is -2.05. The van der Waals surface area contributed by atoms with Gasteiger partial charge in [-0.2, -0.15) is 11.8 Å². The van der Waals surface area contributed by atoms with Crippen molar-refractivity contribution < 1.29 is 4.42 Å². The van der Waals surface area contributed by atoms with Crippen LogP contribution in [0.15, 0.2) is 16.5 Å². The molecule has 0 unspecified atom stereocenters. The lowest BCUT2D eigenvalue weighted by atomic mass is 10.4. The molecule has 0 fully saturated rings. The normalized spacial score (nSPS) is 11.0. The number of furan rings is 1. The van der Waals surface area contributed by atoms with Crippen LogP contribution in [0.1, 0.15) is 11.5 Å². The SMILES string of the molecule is CSCc1ccc(CN(C)C)o1. The fourth-order valence-corrected chi connectivity index (χ4v) is 1.48. The maximum absolute atomic E-state index is 5.57. The van der Waals surface area contributed by atoms with Gasteiger partial charge in [0.25, 0.3) is 0 Å². The molecule has 1 rings (SSSR count). The highest BCUT2D eigenvalue weighted by Gasteiger charge is 2.01. The Morgan fingerprint density at radius 3 is 2.58 bits per heavy atom. The Hall–Kier alpha value is -0.410. The molecule has 12 heavy (non-hydrogen) atoms. The second-order valence-electron chi connectivity index (χ2n) is 3.04. The van der Waals surface area contributed by atoms with Crippen LogP contribution in [0, 0.1) is 0 Å². The molecule has 0 amide bonds. The molecule has 0 aromatic carbocycles. The van der Waals surface area contributed by atoms with E-state index < -0.39 is 0 Å². The van der Waals surface area contributed by atoms with Gasteiger partial charge in [-0.25, -0.2) is 0 Å². The van der Waals surface area contributed by atoms with Gasteiger partial charge in [0.2, 0.25) is 0 Å². The third kappa shape index (κ3) is 2.91. The van der Waals surface area contributed by atoms with Crippen molar-refractivity contribution in [2.24, 2.45) is 0 Å². The van der Waals surface area contributed by atoms with Crippen molar-refractivity contribution in [3.63, 3.8) is 0 Å². The van der Waals surface area contributed by atoms with Crippen molar-refractivity contribution in [1.82, 2.24) is 4.90 Å². The molecule has 3 heteroatoms. The van der Waals surface area contributed by atoms with E-state index in [0.717, 1.165) is 23.8 Å². The number of thioether (sulfide) groups is 1. The molecule has 1 heterocycles. The fraction of sp³-hybridized carbons (Fsp3) is 0.556. The molecule has 0 aliphatic heterocycles. The summed E-state index contributed by atoms with van der Waals surface area (Å²) < 4.78 is 5.57. The molecule has 2 nitrogen and oxygen atoms in total. The Morgan fingerprint density at radius 1 is 1.33 bits per heavy atom. The molecule has 1 aromatic rings. The quantitative estimate of drug-likeness (QED) is 0.715. The van der Waals surface area contributed by atoms with Crippen molar-refractivity contribution in [1.29, 1.82) is 0 Å². The molecule has 0 bridgehead atoms. The van der Waals surface area contributed by atoms with Crippen molar-refractivity contribution in [2.75, 3.05) is 20.4 Å². The van der Waals surface area contributed by atoms with Gasteiger partial charge in [-0.05, 0) is 32.5 Å². The zero-order valence-corrected chi connectivity index (χ0v) is 8.65. The third-order valence-corrected chi connectivity index (χ3v) is 2.05. The number of hydrogen-bond acceptors (Lipinski definition) is 3. The summed E-state index contributed by atoms with van der Waals surface area (Å²) in [5.41, 5.74) is 0. The Kier molecular flexibility index (Phi) is 3.69. The van der Waals surface area contributed by atoms with E-state index in [0.29, 0.717) is 0 Å². The summed E-state index contributed by atoms with van der Waals surface area (Å²) in [5, 5.41) is 0. The lowest BCUT2D eigenvalue weighted by Crippen LogP contribution is -2.09. The van der Waals surface area contributed by atoms with E-state index in [1.165, 1.54) is 0 Å². The Labute approximate surface area is 77.9 Å². The predicted octanol–water partition coefficient (Wildman–Crippen LogP) is 2.20. The zero-order valence-electron chi connectivity index (χ0n) is 7.83. The van der Waals surface area contributed by atoms with Gasteiger partial charge in [0.15, 0.2) is 0 Å².